The molecular formula is C59H37F3N4. The van der Waals surface area contributed by atoms with Gasteiger partial charge < -0.3 is 9.13 Å². The number of nitrogens with zero attached hydrogens (tertiary/aromatic N) is 4. The van der Waals surface area contributed by atoms with Gasteiger partial charge in [0, 0.05) is 38.4 Å². The van der Waals surface area contributed by atoms with Crippen molar-refractivity contribution in [2.75, 3.05) is 0 Å². The van der Waals surface area contributed by atoms with Crippen molar-refractivity contribution in [2.24, 2.45) is 0 Å². The van der Waals surface area contributed by atoms with Gasteiger partial charge >= 0.3 is 6.18 Å². The summed E-state index contributed by atoms with van der Waals surface area (Å²) in [6.45, 7) is 4.17. The molecule has 0 aliphatic carbocycles. The summed E-state index contributed by atoms with van der Waals surface area (Å²) in [5, 5.41) is 25.1. The summed E-state index contributed by atoms with van der Waals surface area (Å²) in [5.74, 6) is 0. The maximum Gasteiger partial charge on any atom is 0.416 e. The first kappa shape index (κ1) is 40.1. The van der Waals surface area contributed by atoms with Crippen LogP contribution in [0.5, 0.6) is 0 Å². The Balaban J connectivity index is 1.20. The summed E-state index contributed by atoms with van der Waals surface area (Å²) < 4.78 is 46.8. The molecule has 0 unspecified atom stereocenters. The molecule has 4 nitrogen and oxygen atoms in total. The molecule has 7 heteroatoms. The van der Waals surface area contributed by atoms with Gasteiger partial charge in [0.1, 0.15) is 0 Å². The summed E-state index contributed by atoms with van der Waals surface area (Å²) in [6.07, 6.45) is -4.64. The minimum absolute atomic E-state index is 0.113. The van der Waals surface area contributed by atoms with Crippen molar-refractivity contribution in [2.45, 2.75) is 20.0 Å². The van der Waals surface area contributed by atoms with Crippen LogP contribution in [-0.2, 0) is 6.18 Å². The van der Waals surface area contributed by atoms with Crippen LogP contribution in [0.4, 0.5) is 13.2 Å². The summed E-state index contributed by atoms with van der Waals surface area (Å²) in [6, 6.07) is 65.5. The van der Waals surface area contributed by atoms with Gasteiger partial charge in [0.2, 0.25) is 0 Å². The first-order chi connectivity index (χ1) is 32.1. The number of aromatic nitrogens is 2. The van der Waals surface area contributed by atoms with Crippen LogP contribution in [0.3, 0.4) is 0 Å². The van der Waals surface area contributed by atoms with E-state index in [1.54, 1.807) is 6.07 Å². The molecule has 0 N–H and O–H groups in total. The first-order valence-corrected chi connectivity index (χ1v) is 21.6. The lowest BCUT2D eigenvalue weighted by Gasteiger charge is -2.20. The Morgan fingerprint density at radius 1 is 0.409 bits per heavy atom. The molecule has 314 valence electrons. The minimum Gasteiger partial charge on any atom is -0.309 e. The second-order valence-electron chi connectivity index (χ2n) is 16.9. The van der Waals surface area contributed by atoms with Gasteiger partial charge in [0.05, 0.1) is 56.6 Å². The number of hydrogen-bond acceptors (Lipinski definition) is 2. The molecule has 0 saturated heterocycles. The topological polar surface area (TPSA) is 57.4 Å². The molecule has 0 saturated carbocycles. The Morgan fingerprint density at radius 2 is 0.970 bits per heavy atom. The van der Waals surface area contributed by atoms with Crippen molar-refractivity contribution in [1.82, 2.24) is 9.13 Å². The highest BCUT2D eigenvalue weighted by Crippen LogP contribution is 2.45. The predicted octanol–water partition coefficient (Wildman–Crippen LogP) is 15.9. The third kappa shape index (κ3) is 6.69. The minimum atomic E-state index is -4.64. The van der Waals surface area contributed by atoms with Crippen LogP contribution in [0.25, 0.3) is 99.5 Å². The molecule has 0 atom stereocenters. The van der Waals surface area contributed by atoms with Gasteiger partial charge in [-0.1, -0.05) is 120 Å². The van der Waals surface area contributed by atoms with Crippen LogP contribution in [0.1, 0.15) is 27.8 Å². The molecule has 0 aliphatic rings. The monoisotopic (exact) mass is 858 g/mol. The lowest BCUT2D eigenvalue weighted by Crippen LogP contribution is -2.06. The zero-order chi connectivity index (χ0) is 45.3. The van der Waals surface area contributed by atoms with Crippen molar-refractivity contribution < 1.29 is 13.2 Å². The van der Waals surface area contributed by atoms with Crippen LogP contribution in [0.15, 0.2) is 188 Å². The molecule has 0 amide bonds. The molecule has 0 fully saturated rings. The Morgan fingerprint density at radius 3 is 1.56 bits per heavy atom. The van der Waals surface area contributed by atoms with Crippen molar-refractivity contribution in [3.05, 3.63) is 216 Å². The van der Waals surface area contributed by atoms with Crippen molar-refractivity contribution in [1.29, 1.82) is 10.5 Å². The lowest BCUT2D eigenvalue weighted by molar-refractivity contribution is -0.137. The quantitative estimate of drug-likeness (QED) is 0.167. The summed E-state index contributed by atoms with van der Waals surface area (Å²) in [5.41, 5.74) is 13.7. The fourth-order valence-corrected chi connectivity index (χ4v) is 9.69. The largest absolute Gasteiger partial charge is 0.416 e. The normalized spacial score (nSPS) is 11.7. The van der Waals surface area contributed by atoms with Gasteiger partial charge in [-0.2, -0.15) is 23.7 Å². The number of benzene rings is 9. The smallest absolute Gasteiger partial charge is 0.309 e. The van der Waals surface area contributed by atoms with E-state index in [1.807, 2.05) is 54.6 Å². The SMILES string of the molecule is Cc1cccc(-c2ccc3c(c2)c2ccccc2n3-c2ccc(-c3ccc(C(F)(F)F)cc3C#N)c(-c3cc(C#N)ccc3-n3c4ccccc4c4cc(-c5cccc(C)c5)ccc43)c2)c1. The third-order valence-corrected chi connectivity index (χ3v) is 12.7. The second kappa shape index (κ2) is 15.6. The lowest BCUT2D eigenvalue weighted by atomic mass is 9.89. The highest BCUT2D eigenvalue weighted by Gasteiger charge is 2.32. The van der Waals surface area contributed by atoms with E-state index in [0.717, 1.165) is 94.9 Å². The fourth-order valence-electron chi connectivity index (χ4n) is 9.69. The maximum atomic E-state index is 14.1. The standard InChI is InChI=1S/C59H37F3N4/c1-36-9-7-11-39(27-36)41-18-25-56-52(31-41)48-13-3-5-15-54(48)65(56)45-21-23-47(46-22-20-44(59(60,61)62)30-43(46)35-64)50(33-45)51-29-38(34-63)17-24-57(51)66-55-16-6-4-14-49(55)53-32-42(19-26-58(53)66)40-12-8-10-37(2)28-40/h3-33H,1-2H3. The van der Waals surface area contributed by atoms with E-state index in [2.05, 4.69) is 144 Å². The molecule has 2 heterocycles. The summed E-state index contributed by atoms with van der Waals surface area (Å²) in [4.78, 5) is 0. The van der Waals surface area contributed by atoms with E-state index in [0.29, 0.717) is 27.8 Å². The highest BCUT2D eigenvalue weighted by atomic mass is 19.4. The first-order valence-electron chi connectivity index (χ1n) is 21.6. The maximum absolute atomic E-state index is 14.1. The predicted molar refractivity (Wildman–Crippen MR) is 261 cm³/mol. The molecule has 9 aromatic carbocycles. The number of halogens is 3. The number of alkyl halides is 3. The Labute approximate surface area is 378 Å². The molecule has 0 aliphatic heterocycles. The summed E-state index contributed by atoms with van der Waals surface area (Å²) in [7, 11) is 0. The van der Waals surface area contributed by atoms with Crippen LogP contribution < -0.4 is 0 Å². The number of aryl methyl sites for hydroxylation is 2. The second-order valence-corrected chi connectivity index (χ2v) is 16.9. The van der Waals surface area contributed by atoms with E-state index < -0.39 is 11.7 Å². The van der Waals surface area contributed by atoms with Crippen LogP contribution in [0.2, 0.25) is 0 Å². The number of nitriles is 2. The number of para-hydroxylation sites is 2. The van der Waals surface area contributed by atoms with E-state index in [9.17, 15) is 23.7 Å². The molecule has 0 spiro atoms. The molecular weight excluding hydrogens is 822 g/mol. The van der Waals surface area contributed by atoms with E-state index in [1.165, 1.54) is 11.6 Å². The molecule has 2 aromatic heterocycles. The van der Waals surface area contributed by atoms with Crippen molar-refractivity contribution in [3.63, 3.8) is 0 Å². The van der Waals surface area contributed by atoms with Crippen LogP contribution in [0, 0.1) is 36.5 Å². The van der Waals surface area contributed by atoms with Gasteiger partial charge in [0.25, 0.3) is 0 Å². The van der Waals surface area contributed by atoms with Crippen molar-refractivity contribution in [3.8, 4) is 68.0 Å². The van der Waals surface area contributed by atoms with E-state index >= 15 is 0 Å². The zero-order valence-corrected chi connectivity index (χ0v) is 35.8. The number of rotatable bonds is 6. The third-order valence-electron chi connectivity index (χ3n) is 12.7. The summed E-state index contributed by atoms with van der Waals surface area (Å²) >= 11 is 0. The molecule has 11 aromatic rings. The highest BCUT2D eigenvalue weighted by molar-refractivity contribution is 6.12. The fraction of sp³-hybridized carbons (Fsp3) is 0.0508. The van der Waals surface area contributed by atoms with E-state index in [-0.39, 0.29) is 5.56 Å². The van der Waals surface area contributed by atoms with Gasteiger partial charge in [-0.15, -0.1) is 0 Å². The molecule has 0 radical (unpaired) electrons. The average molecular weight is 859 g/mol. The Hall–Kier alpha value is -8.65. The zero-order valence-electron chi connectivity index (χ0n) is 35.8. The van der Waals surface area contributed by atoms with Crippen LogP contribution in [-0.4, -0.2) is 9.13 Å². The van der Waals surface area contributed by atoms with Crippen LogP contribution >= 0.6 is 0 Å². The van der Waals surface area contributed by atoms with Gasteiger partial charge in [-0.25, -0.2) is 0 Å². The number of fused-ring (bicyclic) bond motifs is 6. The molecule has 11 rings (SSSR count). The Bertz CT molecular complexity index is 3870. The average Bonchev–Trinajstić information content (AvgIpc) is 3.85. The molecule has 66 heavy (non-hydrogen) atoms. The van der Waals surface area contributed by atoms with Crippen molar-refractivity contribution >= 4 is 43.6 Å². The van der Waals surface area contributed by atoms with Gasteiger partial charge in [0.15, 0.2) is 0 Å². The van der Waals surface area contributed by atoms with Gasteiger partial charge in [-0.3, -0.25) is 0 Å². The Kier molecular flexibility index (Phi) is 9.46. The van der Waals surface area contributed by atoms with E-state index in [4.69, 9.17) is 0 Å². The van der Waals surface area contributed by atoms with Gasteiger partial charge in [-0.05, 0) is 126 Å². The molecule has 0 bridgehead atoms. The number of hydrogen-bond donors (Lipinski definition) is 0.